The largest absolute Gasteiger partial charge is 0.398 e. The van der Waals surface area contributed by atoms with Gasteiger partial charge in [0.1, 0.15) is 11.6 Å². The van der Waals surface area contributed by atoms with Crippen LogP contribution in [-0.2, 0) is 9.59 Å². The number of aromatic nitrogens is 2. The molecule has 0 aliphatic heterocycles. The molecule has 0 saturated heterocycles. The summed E-state index contributed by atoms with van der Waals surface area (Å²) in [6.45, 7) is -0.488. The summed E-state index contributed by atoms with van der Waals surface area (Å²) in [5, 5.41) is -0.0499. The maximum Gasteiger partial charge on any atom is 0.264 e. The van der Waals surface area contributed by atoms with Gasteiger partial charge in [0.25, 0.3) is 5.56 Å². The minimum atomic E-state index is -2.18. The third-order valence-corrected chi connectivity index (χ3v) is 3.38. The van der Waals surface area contributed by atoms with E-state index in [0.717, 1.165) is 4.57 Å². The van der Waals surface area contributed by atoms with Gasteiger partial charge in [-0.15, -0.1) is 0 Å². The first-order chi connectivity index (χ1) is 11.7. The number of carbonyl (C=O) groups excluding carboxylic acids is 2. The van der Waals surface area contributed by atoms with Crippen LogP contribution >= 0.6 is 0 Å². The van der Waals surface area contributed by atoms with Gasteiger partial charge in [-0.2, -0.15) is 0 Å². The average molecular weight is 289 g/mol. The van der Waals surface area contributed by atoms with Gasteiger partial charge >= 0.3 is 0 Å². The fourth-order valence-electron chi connectivity index (χ4n) is 2.39. The lowest BCUT2D eigenvalue weighted by Crippen LogP contribution is -2.36. The maximum atomic E-state index is 13.0. The summed E-state index contributed by atoms with van der Waals surface area (Å²) in [6, 6.07) is 0.428. The maximum absolute atomic E-state index is 13.0. The van der Waals surface area contributed by atoms with Gasteiger partial charge in [-0.1, -0.05) is 6.04 Å². The second-order valence-corrected chi connectivity index (χ2v) is 4.76. The van der Waals surface area contributed by atoms with Gasteiger partial charge < -0.3 is 5.73 Å². The molecule has 6 nitrogen and oxygen atoms in total. The van der Waals surface area contributed by atoms with Crippen LogP contribution in [0, 0.1) is 6.90 Å². The number of rotatable bonds is 1. The Morgan fingerprint density at radius 2 is 2.33 bits per heavy atom. The fraction of sp³-hybridized carbons (Fsp3) is 0.333. The lowest BCUT2D eigenvalue weighted by atomic mass is 9.92. The SMILES string of the molecule is [2H]Cc1nc2cc([2H])cc(N)c2c(=O)n1C1([2H])CC([2H])C(=O)CC1=O. The second-order valence-electron chi connectivity index (χ2n) is 4.76. The molecule has 1 aliphatic rings. The molecule has 3 rings (SSSR count). The molecule has 0 bridgehead atoms. The van der Waals surface area contributed by atoms with Crippen LogP contribution in [0.15, 0.2) is 23.0 Å². The molecular weight excluding hydrogens is 270 g/mol. The molecule has 0 spiro atoms. The van der Waals surface area contributed by atoms with Gasteiger partial charge in [0.2, 0.25) is 0 Å². The standard InChI is InChI=1S/C15H15N3O3/c1-8-17-11-4-2-3-10(16)14(11)15(21)18(8)12-6-5-9(19)7-13(12)20/h2-4,12H,5-7,16H2,1H3/i1D,2D,5D,12D. The smallest absolute Gasteiger partial charge is 0.264 e. The van der Waals surface area contributed by atoms with E-state index < -0.39 is 49.3 Å². The van der Waals surface area contributed by atoms with E-state index in [1.54, 1.807) is 0 Å². The quantitative estimate of drug-likeness (QED) is 0.627. The van der Waals surface area contributed by atoms with E-state index in [1.165, 1.54) is 12.1 Å². The van der Waals surface area contributed by atoms with E-state index in [-0.39, 0.29) is 28.5 Å². The van der Waals surface area contributed by atoms with Crippen molar-refractivity contribution in [2.24, 2.45) is 0 Å². The molecule has 0 radical (unpaired) electrons. The molecule has 108 valence electrons. The number of carbonyl (C=O) groups is 2. The van der Waals surface area contributed by atoms with Crippen molar-refractivity contribution in [3.8, 4) is 0 Å². The number of hydrogen-bond acceptors (Lipinski definition) is 5. The van der Waals surface area contributed by atoms with Crippen LogP contribution in [0.3, 0.4) is 0 Å². The first-order valence-corrected chi connectivity index (χ1v) is 6.28. The molecule has 2 atom stereocenters. The summed E-state index contributed by atoms with van der Waals surface area (Å²) in [5.41, 5.74) is 5.13. The van der Waals surface area contributed by atoms with Gasteiger partial charge in [0.05, 0.1) is 26.1 Å². The van der Waals surface area contributed by atoms with Gasteiger partial charge in [0.15, 0.2) is 5.78 Å². The molecule has 2 aromatic rings. The predicted octanol–water partition coefficient (Wildman–Crippen LogP) is 1.15. The van der Waals surface area contributed by atoms with Crippen molar-refractivity contribution >= 4 is 28.2 Å². The van der Waals surface area contributed by atoms with E-state index >= 15 is 0 Å². The van der Waals surface area contributed by atoms with Crippen LogP contribution in [0.4, 0.5) is 5.69 Å². The number of nitrogens with zero attached hydrogens (tertiary/aromatic N) is 2. The number of anilines is 1. The molecule has 21 heavy (non-hydrogen) atoms. The summed E-state index contributed by atoms with van der Waals surface area (Å²) < 4.78 is 32.3. The van der Waals surface area contributed by atoms with Crippen LogP contribution in [0.5, 0.6) is 0 Å². The first-order valence-electron chi connectivity index (χ1n) is 8.57. The highest BCUT2D eigenvalue weighted by Gasteiger charge is 2.30. The summed E-state index contributed by atoms with van der Waals surface area (Å²) in [5.74, 6) is -1.55. The summed E-state index contributed by atoms with van der Waals surface area (Å²) >= 11 is 0. The van der Waals surface area contributed by atoms with E-state index in [4.69, 9.17) is 11.2 Å². The molecule has 2 unspecified atom stereocenters. The minimum Gasteiger partial charge on any atom is -0.398 e. The first kappa shape index (κ1) is 9.44. The monoisotopic (exact) mass is 289 g/mol. The van der Waals surface area contributed by atoms with Crippen molar-refractivity contribution in [2.75, 3.05) is 5.73 Å². The molecule has 1 saturated carbocycles. The van der Waals surface area contributed by atoms with Gasteiger partial charge in [-0.05, 0) is 25.5 Å². The summed E-state index contributed by atoms with van der Waals surface area (Å²) in [7, 11) is 0. The fourth-order valence-corrected chi connectivity index (χ4v) is 2.39. The lowest BCUT2D eigenvalue weighted by Gasteiger charge is -2.24. The molecular formula is C15H15N3O3. The van der Waals surface area contributed by atoms with Crippen LogP contribution in [0.1, 0.15) is 36.6 Å². The Hall–Kier alpha value is -2.50. The number of nitrogens with two attached hydrogens (primary N) is 1. The summed E-state index contributed by atoms with van der Waals surface area (Å²) in [6.07, 6.45) is -2.40. The third kappa shape index (κ3) is 2.12. The van der Waals surface area contributed by atoms with Crippen LogP contribution in [0.25, 0.3) is 10.9 Å². The predicted molar refractivity (Wildman–Crippen MR) is 78.1 cm³/mol. The Labute approximate surface area is 126 Å². The Balaban J connectivity index is 2.36. The van der Waals surface area contributed by atoms with Gasteiger partial charge in [0, 0.05) is 14.8 Å². The molecule has 0 amide bonds. The highest BCUT2D eigenvalue weighted by Crippen LogP contribution is 2.24. The lowest BCUT2D eigenvalue weighted by molar-refractivity contribution is -0.132. The zero-order valence-corrected chi connectivity index (χ0v) is 11.0. The van der Waals surface area contributed by atoms with Crippen molar-refractivity contribution < 1.29 is 15.1 Å². The number of ketones is 2. The summed E-state index contributed by atoms with van der Waals surface area (Å²) in [4.78, 5) is 41.1. The van der Waals surface area contributed by atoms with Crippen molar-refractivity contribution in [3.63, 3.8) is 0 Å². The highest BCUT2D eigenvalue weighted by molar-refractivity contribution is 6.03. The number of hydrogen-bond donors (Lipinski definition) is 1. The van der Waals surface area contributed by atoms with Gasteiger partial charge in [-0.3, -0.25) is 19.0 Å². The van der Waals surface area contributed by atoms with Gasteiger partial charge in [-0.25, -0.2) is 4.98 Å². The van der Waals surface area contributed by atoms with E-state index in [0.29, 0.717) is 0 Å². The average Bonchev–Trinajstić information content (AvgIpc) is 2.51. The highest BCUT2D eigenvalue weighted by atomic mass is 16.2. The molecule has 6 heteroatoms. The molecule has 1 aromatic carbocycles. The Bertz CT molecular complexity index is 975. The number of benzene rings is 1. The number of fused-ring (bicyclic) bond motifs is 1. The number of nitrogen functional groups attached to an aromatic ring is 1. The van der Waals surface area contributed by atoms with E-state index in [9.17, 15) is 14.4 Å². The third-order valence-electron chi connectivity index (χ3n) is 3.38. The number of aryl methyl sites for hydroxylation is 1. The zero-order chi connectivity index (χ0) is 18.5. The van der Waals surface area contributed by atoms with E-state index in [1.807, 2.05) is 0 Å². The van der Waals surface area contributed by atoms with Crippen molar-refractivity contribution in [3.05, 3.63) is 34.4 Å². The van der Waals surface area contributed by atoms with Crippen molar-refractivity contribution in [1.29, 1.82) is 0 Å². The van der Waals surface area contributed by atoms with Crippen LogP contribution < -0.4 is 11.3 Å². The normalized spacial score (nSPS) is 28.9. The zero-order valence-electron chi connectivity index (χ0n) is 15.0. The molecule has 1 aliphatic carbocycles. The van der Waals surface area contributed by atoms with Crippen LogP contribution in [-0.4, -0.2) is 21.1 Å². The Morgan fingerprint density at radius 3 is 3.10 bits per heavy atom. The Morgan fingerprint density at radius 1 is 1.52 bits per heavy atom. The molecule has 2 N–H and O–H groups in total. The topological polar surface area (TPSA) is 95.0 Å². The molecule has 1 heterocycles. The van der Waals surface area contributed by atoms with Crippen LogP contribution in [0.2, 0.25) is 0 Å². The number of Topliss-reactive ketones (excluding diaryl/α,β-unsaturated/α-hetero) is 2. The van der Waals surface area contributed by atoms with Crippen molar-refractivity contribution in [2.45, 2.75) is 32.2 Å². The second kappa shape index (κ2) is 4.80. The van der Waals surface area contributed by atoms with E-state index in [2.05, 4.69) is 4.98 Å². The minimum absolute atomic E-state index is 0.0179. The molecule has 1 fully saturated rings. The molecule has 1 aromatic heterocycles. The van der Waals surface area contributed by atoms with Crippen molar-refractivity contribution in [1.82, 2.24) is 9.55 Å². The Kier molecular flexibility index (Phi) is 2.16.